The molecule has 0 atom stereocenters. The van der Waals surface area contributed by atoms with Gasteiger partial charge in [-0.1, -0.05) is 5.16 Å². The second kappa shape index (κ2) is 4.24. The van der Waals surface area contributed by atoms with Gasteiger partial charge in [-0.05, 0) is 42.2 Å². The number of carbonyl (C=O) groups excluding carboxylic acids is 1. The van der Waals surface area contributed by atoms with Crippen LogP contribution < -0.4 is 5.32 Å². The highest BCUT2D eigenvalue weighted by molar-refractivity contribution is 7.08. The van der Waals surface area contributed by atoms with Gasteiger partial charge in [-0.3, -0.25) is 4.79 Å². The minimum atomic E-state index is -0.159. The first kappa shape index (κ1) is 11.5. The molecule has 3 rings (SSSR count). The molecule has 94 valence electrons. The van der Waals surface area contributed by atoms with Crippen LogP contribution in [0.25, 0.3) is 0 Å². The van der Waals surface area contributed by atoms with Crippen LogP contribution in [0.2, 0.25) is 0 Å². The zero-order valence-corrected chi connectivity index (χ0v) is 10.9. The number of nitrogens with one attached hydrogen (secondary N) is 1. The number of aryl methyl sites for hydroxylation is 1. The number of rotatable bonds is 4. The highest BCUT2D eigenvalue weighted by atomic mass is 32.1. The number of aromatic nitrogens is 1. The normalized spacial score (nSPS) is 16.5. The number of hydrogen-bond donors (Lipinski definition) is 1. The number of thiophene rings is 1. The van der Waals surface area contributed by atoms with Gasteiger partial charge in [-0.15, -0.1) is 0 Å². The second-order valence-electron chi connectivity index (χ2n) is 4.80. The monoisotopic (exact) mass is 262 g/mol. The lowest BCUT2D eigenvalue weighted by Gasteiger charge is -2.13. The molecule has 0 spiro atoms. The molecule has 1 fully saturated rings. The minimum Gasteiger partial charge on any atom is -0.361 e. The van der Waals surface area contributed by atoms with E-state index in [-0.39, 0.29) is 11.3 Å². The predicted octanol–water partition coefficient (Wildman–Crippen LogP) is 2.51. The van der Waals surface area contributed by atoms with E-state index < -0.39 is 0 Å². The van der Waals surface area contributed by atoms with Crippen molar-refractivity contribution < 1.29 is 9.32 Å². The Morgan fingerprint density at radius 2 is 2.44 bits per heavy atom. The molecule has 0 radical (unpaired) electrons. The number of nitrogens with zero attached hydrogens (tertiary/aromatic N) is 1. The third kappa shape index (κ3) is 2.06. The topological polar surface area (TPSA) is 55.1 Å². The Bertz CT molecular complexity index is 555. The quantitative estimate of drug-likeness (QED) is 0.921. The average Bonchev–Trinajstić information content (AvgIpc) is 2.82. The van der Waals surface area contributed by atoms with Gasteiger partial charge in [0.25, 0.3) is 5.91 Å². The number of carbonyl (C=O) groups is 1. The van der Waals surface area contributed by atoms with Gasteiger partial charge >= 0.3 is 0 Å². The van der Waals surface area contributed by atoms with Crippen molar-refractivity contribution >= 4 is 17.2 Å². The summed E-state index contributed by atoms with van der Waals surface area (Å²) in [7, 11) is 0. The van der Waals surface area contributed by atoms with E-state index in [4.69, 9.17) is 4.52 Å². The van der Waals surface area contributed by atoms with Crippen molar-refractivity contribution in [2.24, 2.45) is 0 Å². The van der Waals surface area contributed by atoms with Gasteiger partial charge in [0.1, 0.15) is 5.76 Å². The van der Waals surface area contributed by atoms with E-state index in [1.54, 1.807) is 24.3 Å². The van der Waals surface area contributed by atoms with Crippen molar-refractivity contribution in [1.82, 2.24) is 10.5 Å². The molecule has 4 nitrogen and oxygen atoms in total. The van der Waals surface area contributed by atoms with Gasteiger partial charge in [-0.2, -0.15) is 11.3 Å². The van der Waals surface area contributed by atoms with E-state index in [1.807, 2.05) is 0 Å². The summed E-state index contributed by atoms with van der Waals surface area (Å²) >= 11 is 1.70. The van der Waals surface area contributed by atoms with Crippen LogP contribution in [-0.2, 0) is 5.41 Å². The van der Waals surface area contributed by atoms with Gasteiger partial charge < -0.3 is 9.84 Å². The van der Waals surface area contributed by atoms with Crippen molar-refractivity contribution in [2.45, 2.75) is 25.2 Å². The van der Waals surface area contributed by atoms with Gasteiger partial charge in [0, 0.05) is 18.0 Å². The first-order valence-electron chi connectivity index (χ1n) is 5.94. The summed E-state index contributed by atoms with van der Waals surface area (Å²) in [6, 6.07) is 3.80. The Morgan fingerprint density at radius 3 is 3.00 bits per heavy atom. The Morgan fingerprint density at radius 1 is 1.61 bits per heavy atom. The van der Waals surface area contributed by atoms with Crippen LogP contribution in [0.3, 0.4) is 0 Å². The number of hydrogen-bond acceptors (Lipinski definition) is 4. The standard InChI is InChI=1S/C13H14N2O2S/c1-9-6-11(15-17-9)12(16)14-8-13(3-4-13)10-2-5-18-7-10/h2,5-7H,3-4,8H2,1H3,(H,14,16). The molecule has 2 aromatic heterocycles. The molecule has 0 aromatic carbocycles. The number of amides is 1. The molecule has 0 saturated heterocycles. The van der Waals surface area contributed by atoms with Gasteiger partial charge in [0.05, 0.1) is 0 Å². The van der Waals surface area contributed by atoms with Crippen molar-refractivity contribution in [3.05, 3.63) is 39.9 Å². The summed E-state index contributed by atoms with van der Waals surface area (Å²) in [5.74, 6) is 0.493. The van der Waals surface area contributed by atoms with Crippen molar-refractivity contribution in [3.63, 3.8) is 0 Å². The second-order valence-corrected chi connectivity index (χ2v) is 5.58. The summed E-state index contributed by atoms with van der Waals surface area (Å²) in [6.45, 7) is 2.45. The van der Waals surface area contributed by atoms with E-state index in [0.29, 0.717) is 18.0 Å². The molecular formula is C13H14N2O2S. The van der Waals surface area contributed by atoms with Gasteiger partial charge in [-0.25, -0.2) is 0 Å². The zero-order chi connectivity index (χ0) is 12.6. The predicted molar refractivity (Wildman–Crippen MR) is 68.8 cm³/mol. The van der Waals surface area contributed by atoms with Crippen LogP contribution >= 0.6 is 11.3 Å². The highest BCUT2D eigenvalue weighted by Crippen LogP contribution is 2.48. The minimum absolute atomic E-state index is 0.159. The molecule has 5 heteroatoms. The fourth-order valence-corrected chi connectivity index (χ4v) is 2.88. The summed E-state index contributed by atoms with van der Waals surface area (Å²) in [6.07, 6.45) is 2.28. The van der Waals surface area contributed by atoms with Crippen LogP contribution in [0, 0.1) is 6.92 Å². The van der Waals surface area contributed by atoms with Gasteiger partial charge in [0.15, 0.2) is 5.69 Å². The van der Waals surface area contributed by atoms with E-state index >= 15 is 0 Å². The SMILES string of the molecule is Cc1cc(C(=O)NCC2(c3ccsc3)CC2)no1. The Kier molecular flexibility index (Phi) is 2.70. The molecule has 1 N–H and O–H groups in total. The summed E-state index contributed by atoms with van der Waals surface area (Å²) < 4.78 is 4.90. The smallest absolute Gasteiger partial charge is 0.273 e. The molecule has 1 aliphatic carbocycles. The van der Waals surface area contributed by atoms with E-state index in [9.17, 15) is 4.79 Å². The lowest BCUT2D eigenvalue weighted by molar-refractivity contribution is 0.0940. The van der Waals surface area contributed by atoms with E-state index in [1.165, 1.54) is 5.56 Å². The molecule has 18 heavy (non-hydrogen) atoms. The average molecular weight is 262 g/mol. The molecule has 1 saturated carbocycles. The first-order valence-corrected chi connectivity index (χ1v) is 6.88. The van der Waals surface area contributed by atoms with Crippen molar-refractivity contribution in [3.8, 4) is 0 Å². The van der Waals surface area contributed by atoms with Crippen molar-refractivity contribution in [2.75, 3.05) is 6.54 Å². The Hall–Kier alpha value is -1.62. The van der Waals surface area contributed by atoms with E-state index in [2.05, 4.69) is 27.3 Å². The molecule has 1 amide bonds. The maximum Gasteiger partial charge on any atom is 0.273 e. The lowest BCUT2D eigenvalue weighted by Crippen LogP contribution is -2.32. The lowest BCUT2D eigenvalue weighted by atomic mass is 9.99. The van der Waals surface area contributed by atoms with Crippen LogP contribution in [-0.4, -0.2) is 17.6 Å². The fraction of sp³-hybridized carbons (Fsp3) is 0.385. The molecule has 2 aromatic rings. The molecule has 1 aliphatic rings. The van der Waals surface area contributed by atoms with Gasteiger partial charge in [0.2, 0.25) is 0 Å². The largest absolute Gasteiger partial charge is 0.361 e. The fourth-order valence-electron chi connectivity index (χ4n) is 2.10. The van der Waals surface area contributed by atoms with E-state index in [0.717, 1.165) is 12.8 Å². The summed E-state index contributed by atoms with van der Waals surface area (Å²) in [4.78, 5) is 11.9. The molecular weight excluding hydrogens is 248 g/mol. The molecule has 0 aliphatic heterocycles. The van der Waals surface area contributed by atoms with Crippen LogP contribution in [0.15, 0.2) is 27.4 Å². The Balaban J connectivity index is 1.64. The first-order chi connectivity index (χ1) is 8.70. The molecule has 2 heterocycles. The van der Waals surface area contributed by atoms with Crippen LogP contribution in [0.5, 0.6) is 0 Å². The third-order valence-corrected chi connectivity index (χ3v) is 4.12. The molecule has 0 bridgehead atoms. The molecule has 0 unspecified atom stereocenters. The summed E-state index contributed by atoms with van der Waals surface area (Å²) in [5.41, 5.74) is 1.85. The third-order valence-electron chi connectivity index (χ3n) is 3.44. The van der Waals surface area contributed by atoms with Crippen molar-refractivity contribution in [1.29, 1.82) is 0 Å². The highest BCUT2D eigenvalue weighted by Gasteiger charge is 2.44. The maximum absolute atomic E-state index is 11.9. The maximum atomic E-state index is 11.9. The van der Waals surface area contributed by atoms with Crippen LogP contribution in [0.1, 0.15) is 34.7 Å². The Labute approximate surface area is 109 Å². The van der Waals surface area contributed by atoms with Crippen LogP contribution in [0.4, 0.5) is 0 Å². The summed E-state index contributed by atoms with van der Waals surface area (Å²) in [5, 5.41) is 10.9. The zero-order valence-electron chi connectivity index (χ0n) is 10.1.